The van der Waals surface area contributed by atoms with E-state index in [0.717, 1.165) is 66.2 Å². The van der Waals surface area contributed by atoms with Crippen LogP contribution in [0.5, 0.6) is 0 Å². The van der Waals surface area contributed by atoms with Crippen molar-refractivity contribution in [3.63, 3.8) is 0 Å². The Morgan fingerprint density at radius 2 is 1.89 bits per heavy atom. The fraction of sp³-hybridized carbons (Fsp3) is 0.385. The third-order valence-electron chi connectivity index (χ3n) is 8.12. The summed E-state index contributed by atoms with van der Waals surface area (Å²) in [6.07, 6.45) is 2.68. The lowest BCUT2D eigenvalue weighted by molar-refractivity contribution is -0.125. The van der Waals surface area contributed by atoms with E-state index in [0.29, 0.717) is 12.8 Å². The van der Waals surface area contributed by atoms with Crippen LogP contribution in [-0.4, -0.2) is 68.7 Å². The molecule has 2 N–H and O–H groups in total. The minimum Gasteiger partial charge on any atom is -0.387 e. The maximum Gasteiger partial charge on any atom is 0.324 e. The number of oxime groups is 1. The van der Waals surface area contributed by atoms with Crippen molar-refractivity contribution in [3.8, 4) is 0 Å². The van der Waals surface area contributed by atoms with Crippen LogP contribution >= 0.6 is 0 Å². The van der Waals surface area contributed by atoms with Gasteiger partial charge in [-0.05, 0) is 28.8 Å². The van der Waals surface area contributed by atoms with E-state index in [1.165, 1.54) is 10.5 Å². The number of likely N-dealkylation sites (N-methyl/N-ethyl adjacent to an activating group) is 1. The van der Waals surface area contributed by atoms with Crippen LogP contribution in [0.15, 0.2) is 47.6 Å². The number of fused-ring (bicyclic) bond motifs is 2. The quantitative estimate of drug-likeness (QED) is 0.572. The molecule has 9 heteroatoms. The van der Waals surface area contributed by atoms with E-state index in [-0.39, 0.29) is 17.5 Å². The summed E-state index contributed by atoms with van der Waals surface area (Å²) < 4.78 is 0. The van der Waals surface area contributed by atoms with Gasteiger partial charge in [-0.2, -0.15) is 0 Å². The Morgan fingerprint density at radius 3 is 2.66 bits per heavy atom. The molecule has 2 saturated heterocycles. The predicted molar refractivity (Wildman–Crippen MR) is 129 cm³/mol. The topological polar surface area (TPSA) is 103 Å². The second-order valence-corrected chi connectivity index (χ2v) is 10.4. The van der Waals surface area contributed by atoms with Crippen LogP contribution in [0.4, 0.5) is 4.79 Å². The summed E-state index contributed by atoms with van der Waals surface area (Å²) in [4.78, 5) is 42.8. The van der Waals surface area contributed by atoms with Gasteiger partial charge in [-0.3, -0.25) is 15.0 Å². The van der Waals surface area contributed by atoms with Crippen molar-refractivity contribution < 1.29 is 14.4 Å². The van der Waals surface area contributed by atoms with Crippen molar-refractivity contribution in [2.75, 3.05) is 20.1 Å². The van der Waals surface area contributed by atoms with Crippen LogP contribution in [-0.2, 0) is 29.0 Å². The number of H-pyrrole nitrogens is 1. The summed E-state index contributed by atoms with van der Waals surface area (Å²) in [5, 5.41) is 6.89. The van der Waals surface area contributed by atoms with Gasteiger partial charge in [0.15, 0.2) is 11.4 Å². The molecule has 0 bridgehead atoms. The number of amides is 3. The average molecular weight is 471 g/mol. The third kappa shape index (κ3) is 3.11. The summed E-state index contributed by atoms with van der Waals surface area (Å²) in [5.74, 6) is 0.516. The molecule has 7 rings (SSSR count). The highest BCUT2D eigenvalue weighted by atomic mass is 16.7. The highest BCUT2D eigenvalue weighted by Crippen LogP contribution is 2.39. The molecule has 9 nitrogen and oxygen atoms in total. The standard InChI is InChI=1S/C26H26N6O3/c1-31-24(34)29-23(33)26(31)11-17-9-19-20(10-18(17)12-26)28-22(27-19)21-13-25(35-30-21)7-8-32(15-25)14-16-5-3-2-4-6-16/h2-6,9-10H,7-8,11-15H2,1H3,(H,27,28)(H,29,33,34). The lowest BCUT2D eigenvalue weighted by atomic mass is 9.95. The number of benzene rings is 2. The zero-order valence-corrected chi connectivity index (χ0v) is 19.5. The molecule has 2 fully saturated rings. The molecule has 3 aliphatic heterocycles. The lowest BCUT2D eigenvalue weighted by Gasteiger charge is -2.27. The van der Waals surface area contributed by atoms with E-state index in [2.05, 4.69) is 50.7 Å². The molecular formula is C26H26N6O3. The van der Waals surface area contributed by atoms with Gasteiger partial charge in [0.05, 0.1) is 11.0 Å². The summed E-state index contributed by atoms with van der Waals surface area (Å²) in [6.45, 7) is 2.74. The number of aromatic amines is 1. The number of carbonyl (C=O) groups excluding carboxylic acids is 2. The fourth-order valence-corrected chi connectivity index (χ4v) is 6.12. The number of nitrogens with zero attached hydrogens (tertiary/aromatic N) is 4. The minimum atomic E-state index is -0.828. The van der Waals surface area contributed by atoms with E-state index in [4.69, 9.17) is 9.82 Å². The first-order chi connectivity index (χ1) is 16.9. The fourth-order valence-electron chi connectivity index (χ4n) is 6.12. The highest BCUT2D eigenvalue weighted by molar-refractivity contribution is 6.08. The summed E-state index contributed by atoms with van der Waals surface area (Å²) in [6, 6.07) is 14.3. The maximum atomic E-state index is 12.6. The van der Waals surface area contributed by atoms with Gasteiger partial charge in [0, 0.05) is 52.4 Å². The van der Waals surface area contributed by atoms with Gasteiger partial charge in [-0.15, -0.1) is 0 Å². The van der Waals surface area contributed by atoms with Crippen LogP contribution in [0, 0.1) is 0 Å². The monoisotopic (exact) mass is 470 g/mol. The first kappa shape index (κ1) is 20.6. The molecule has 4 aliphatic rings. The largest absolute Gasteiger partial charge is 0.387 e. The molecule has 0 radical (unpaired) electrons. The van der Waals surface area contributed by atoms with Crippen LogP contribution < -0.4 is 5.32 Å². The molecule has 35 heavy (non-hydrogen) atoms. The summed E-state index contributed by atoms with van der Waals surface area (Å²) in [7, 11) is 1.69. The van der Waals surface area contributed by atoms with E-state index < -0.39 is 5.54 Å². The Morgan fingerprint density at radius 1 is 1.09 bits per heavy atom. The molecular weight excluding hydrogens is 444 g/mol. The van der Waals surface area contributed by atoms with E-state index in [1.54, 1.807) is 7.05 Å². The highest BCUT2D eigenvalue weighted by Gasteiger charge is 2.54. The molecule has 0 saturated carbocycles. The normalized spacial score (nSPS) is 25.1. The van der Waals surface area contributed by atoms with Crippen LogP contribution in [0.1, 0.15) is 35.4 Å². The molecule has 2 spiro atoms. The second-order valence-electron chi connectivity index (χ2n) is 10.4. The van der Waals surface area contributed by atoms with Gasteiger partial charge < -0.3 is 14.7 Å². The SMILES string of the molecule is CN1C(=O)NC(=O)C12Cc1cc3nc(C4=NOC5(CCN(Cc6ccccc6)C5)C4)[nH]c3cc1C2. The molecule has 3 aromatic rings. The van der Waals surface area contributed by atoms with E-state index in [1.807, 2.05) is 12.1 Å². The van der Waals surface area contributed by atoms with E-state index >= 15 is 0 Å². The van der Waals surface area contributed by atoms with E-state index in [9.17, 15) is 9.59 Å². The Balaban J connectivity index is 1.09. The number of rotatable bonds is 3. The Bertz CT molecular complexity index is 1370. The van der Waals surface area contributed by atoms with Gasteiger partial charge in [0.25, 0.3) is 5.91 Å². The maximum absolute atomic E-state index is 12.6. The molecule has 1 aliphatic carbocycles. The number of aromatic nitrogens is 2. The van der Waals surface area contributed by atoms with Crippen molar-refractivity contribution in [1.82, 2.24) is 25.1 Å². The number of hydrogen-bond acceptors (Lipinski definition) is 6. The zero-order valence-electron chi connectivity index (χ0n) is 19.5. The number of imidazole rings is 1. The summed E-state index contributed by atoms with van der Waals surface area (Å²) >= 11 is 0. The molecule has 1 aromatic heterocycles. The number of urea groups is 1. The van der Waals surface area contributed by atoms with Crippen LogP contribution in [0.2, 0.25) is 0 Å². The van der Waals surface area contributed by atoms with Gasteiger partial charge in [-0.1, -0.05) is 35.5 Å². The first-order valence-electron chi connectivity index (χ1n) is 12.1. The van der Waals surface area contributed by atoms with Crippen molar-refractivity contribution >= 4 is 28.7 Å². The minimum absolute atomic E-state index is 0.223. The van der Waals surface area contributed by atoms with Crippen LogP contribution in [0.3, 0.4) is 0 Å². The first-order valence-corrected chi connectivity index (χ1v) is 12.1. The molecule has 178 valence electrons. The molecule has 2 aromatic carbocycles. The summed E-state index contributed by atoms with van der Waals surface area (Å²) in [5.41, 5.74) is 4.91. The van der Waals surface area contributed by atoms with Gasteiger partial charge in [-0.25, -0.2) is 9.78 Å². The van der Waals surface area contributed by atoms with Crippen molar-refractivity contribution in [1.29, 1.82) is 0 Å². The number of likely N-dealkylation sites (tertiary alicyclic amines) is 1. The average Bonchev–Trinajstić information content (AvgIpc) is 3.65. The zero-order chi connectivity index (χ0) is 23.8. The van der Waals surface area contributed by atoms with Gasteiger partial charge in [0.2, 0.25) is 0 Å². The van der Waals surface area contributed by atoms with Crippen molar-refractivity contribution in [2.24, 2.45) is 5.16 Å². The number of nitrogens with one attached hydrogen (secondary N) is 2. The lowest BCUT2D eigenvalue weighted by Crippen LogP contribution is -2.48. The third-order valence-corrected chi connectivity index (χ3v) is 8.12. The number of hydrogen-bond donors (Lipinski definition) is 2. The molecule has 3 amide bonds. The van der Waals surface area contributed by atoms with Crippen molar-refractivity contribution in [3.05, 3.63) is 65.0 Å². The van der Waals surface area contributed by atoms with Crippen molar-refractivity contribution in [2.45, 2.75) is 43.4 Å². The molecule has 4 heterocycles. The Kier molecular flexibility index (Phi) is 4.21. The van der Waals surface area contributed by atoms with Gasteiger partial charge in [0.1, 0.15) is 11.3 Å². The van der Waals surface area contributed by atoms with Crippen LogP contribution in [0.25, 0.3) is 11.0 Å². The smallest absolute Gasteiger partial charge is 0.324 e. The second kappa shape index (κ2) is 7.14. The Hall–Kier alpha value is -3.72. The van der Waals surface area contributed by atoms with Gasteiger partial charge >= 0.3 is 6.03 Å². The molecule has 2 unspecified atom stereocenters. The number of carbonyl (C=O) groups is 2. The Labute approximate surface area is 202 Å². The molecule has 2 atom stereocenters. The predicted octanol–water partition coefficient (Wildman–Crippen LogP) is 2.35. The number of imide groups is 1.